The van der Waals surface area contributed by atoms with E-state index in [4.69, 9.17) is 14.0 Å². The Morgan fingerprint density at radius 3 is 2.59 bits per heavy atom. The summed E-state index contributed by atoms with van der Waals surface area (Å²) in [6.45, 7) is 5.09. The number of benzene rings is 1. The van der Waals surface area contributed by atoms with E-state index in [0.717, 1.165) is 21.4 Å². The number of aryl methyl sites for hydroxylation is 3. The number of esters is 1. The molecule has 4 rings (SSSR count). The van der Waals surface area contributed by atoms with Crippen molar-refractivity contribution in [2.75, 3.05) is 13.7 Å². The average molecular weight is 454 g/mol. The van der Waals surface area contributed by atoms with Gasteiger partial charge in [0.05, 0.1) is 29.4 Å². The van der Waals surface area contributed by atoms with Crippen LogP contribution in [0.1, 0.15) is 36.2 Å². The van der Waals surface area contributed by atoms with Gasteiger partial charge < -0.3 is 14.0 Å². The number of rotatable bonds is 6. The minimum Gasteiger partial charge on any atom is -0.494 e. The number of hydrogen-bond acceptors (Lipinski definition) is 8. The fourth-order valence-electron chi connectivity index (χ4n) is 3.41. The highest BCUT2D eigenvalue weighted by Gasteiger charge is 2.22. The Morgan fingerprint density at radius 2 is 1.94 bits per heavy atom. The van der Waals surface area contributed by atoms with Crippen LogP contribution in [0.15, 0.2) is 34.9 Å². The number of Topliss-reactive ketones (excluding diaryl/α,β-unsaturated/α-hetero) is 1. The number of pyridine rings is 1. The first-order valence-electron chi connectivity index (χ1n) is 9.66. The van der Waals surface area contributed by atoms with Gasteiger partial charge >= 0.3 is 5.97 Å². The second-order valence-corrected chi connectivity index (χ2v) is 8.64. The summed E-state index contributed by atoms with van der Waals surface area (Å²) in [5.74, 6) is -1.92. The second kappa shape index (κ2) is 8.51. The lowest BCUT2D eigenvalue weighted by Gasteiger charge is -2.08. The largest absolute Gasteiger partial charge is 0.494 e. The molecule has 0 N–H and O–H groups in total. The topological polar surface area (TPSA) is 91.5 Å². The van der Waals surface area contributed by atoms with Gasteiger partial charge in [-0.25, -0.2) is 14.2 Å². The third-order valence-corrected chi connectivity index (χ3v) is 5.93. The molecule has 0 aliphatic heterocycles. The molecule has 0 saturated carbocycles. The van der Waals surface area contributed by atoms with Crippen LogP contribution in [0.4, 0.5) is 4.39 Å². The molecular formula is C23H19FN2O5S. The zero-order chi connectivity index (χ0) is 23.0. The lowest BCUT2D eigenvalue weighted by Crippen LogP contribution is -2.15. The Balaban J connectivity index is 1.63. The van der Waals surface area contributed by atoms with E-state index < -0.39 is 24.2 Å². The molecule has 0 atom stereocenters. The fourth-order valence-corrected chi connectivity index (χ4v) is 4.34. The van der Waals surface area contributed by atoms with Gasteiger partial charge in [0.15, 0.2) is 24.0 Å². The quantitative estimate of drug-likeness (QED) is 0.297. The number of methoxy groups -OCH3 is 1. The highest BCUT2D eigenvalue weighted by Crippen LogP contribution is 2.33. The van der Waals surface area contributed by atoms with Crippen molar-refractivity contribution in [2.24, 2.45) is 0 Å². The van der Waals surface area contributed by atoms with Crippen LogP contribution in [0.25, 0.3) is 22.4 Å². The summed E-state index contributed by atoms with van der Waals surface area (Å²) in [5, 5.41) is 4.33. The molecule has 9 heteroatoms. The summed E-state index contributed by atoms with van der Waals surface area (Å²) < 4.78 is 29.3. The Kier molecular flexibility index (Phi) is 5.75. The normalized spacial score (nSPS) is 11.0. The molecule has 164 valence electrons. The van der Waals surface area contributed by atoms with E-state index in [1.54, 1.807) is 24.3 Å². The lowest BCUT2D eigenvalue weighted by atomic mass is 10.1. The van der Waals surface area contributed by atoms with E-state index >= 15 is 0 Å². The molecule has 0 amide bonds. The molecule has 0 spiro atoms. The molecule has 4 aromatic rings. The summed E-state index contributed by atoms with van der Waals surface area (Å²) in [5.41, 5.74) is 2.38. The number of thiophene rings is 1. The number of ether oxygens (including phenoxy) is 2. The van der Waals surface area contributed by atoms with Crippen LogP contribution in [0.5, 0.6) is 5.75 Å². The van der Waals surface area contributed by atoms with Crippen LogP contribution in [-0.4, -0.2) is 35.6 Å². The van der Waals surface area contributed by atoms with Crippen LogP contribution in [-0.2, 0) is 4.74 Å². The van der Waals surface area contributed by atoms with Crippen LogP contribution in [0, 0.1) is 26.6 Å². The molecule has 0 saturated heterocycles. The molecular weight excluding hydrogens is 435 g/mol. The first-order valence-corrected chi connectivity index (χ1v) is 10.5. The molecule has 3 heterocycles. The number of aromatic nitrogens is 2. The zero-order valence-corrected chi connectivity index (χ0v) is 18.6. The maximum absolute atomic E-state index is 13.9. The maximum Gasteiger partial charge on any atom is 0.339 e. The van der Waals surface area contributed by atoms with Gasteiger partial charge in [-0.2, -0.15) is 0 Å². The number of ketones is 1. The van der Waals surface area contributed by atoms with Crippen LogP contribution >= 0.6 is 11.3 Å². The molecule has 32 heavy (non-hydrogen) atoms. The van der Waals surface area contributed by atoms with Crippen molar-refractivity contribution in [3.05, 3.63) is 62.7 Å². The first kappa shape index (κ1) is 21.6. The number of fused-ring (bicyclic) bond motifs is 1. The third-order valence-electron chi connectivity index (χ3n) is 4.96. The molecule has 1 aromatic carbocycles. The highest BCUT2D eigenvalue weighted by atomic mass is 32.1. The van der Waals surface area contributed by atoms with E-state index in [9.17, 15) is 14.0 Å². The van der Waals surface area contributed by atoms with E-state index in [1.165, 1.54) is 19.2 Å². The average Bonchev–Trinajstić information content (AvgIpc) is 3.32. The molecule has 0 unspecified atom stereocenters. The van der Waals surface area contributed by atoms with Gasteiger partial charge in [-0.05, 0) is 51.1 Å². The molecule has 3 aromatic heterocycles. The van der Waals surface area contributed by atoms with Crippen LogP contribution in [0.2, 0.25) is 0 Å². The van der Waals surface area contributed by atoms with E-state index in [-0.39, 0.29) is 22.6 Å². The molecule has 7 nitrogen and oxygen atoms in total. The summed E-state index contributed by atoms with van der Waals surface area (Å²) >= 11 is 1.62. The summed E-state index contributed by atoms with van der Waals surface area (Å²) in [6, 6.07) is 7.39. The fraction of sp³-hybridized carbons (Fsp3) is 0.217. The molecule has 0 fully saturated rings. The third kappa shape index (κ3) is 3.99. The Hall–Kier alpha value is -3.59. The molecule has 0 radical (unpaired) electrons. The van der Waals surface area contributed by atoms with Crippen molar-refractivity contribution in [2.45, 2.75) is 20.8 Å². The Morgan fingerprint density at radius 1 is 1.16 bits per heavy atom. The number of carbonyl (C=O) groups is 2. The first-order chi connectivity index (χ1) is 15.3. The molecule has 0 aliphatic rings. The van der Waals surface area contributed by atoms with Crippen LogP contribution < -0.4 is 4.74 Å². The molecule has 0 aliphatic carbocycles. The van der Waals surface area contributed by atoms with Gasteiger partial charge in [-0.1, -0.05) is 5.16 Å². The van der Waals surface area contributed by atoms with Gasteiger partial charge in [-0.15, -0.1) is 11.3 Å². The van der Waals surface area contributed by atoms with E-state index in [2.05, 4.69) is 10.1 Å². The van der Waals surface area contributed by atoms with Crippen molar-refractivity contribution >= 4 is 34.2 Å². The van der Waals surface area contributed by atoms with Crippen molar-refractivity contribution < 1.29 is 28.0 Å². The summed E-state index contributed by atoms with van der Waals surface area (Å²) in [6.07, 6.45) is 0. The highest BCUT2D eigenvalue weighted by molar-refractivity contribution is 7.12. The smallest absolute Gasteiger partial charge is 0.339 e. The Labute approximate surface area is 186 Å². The molecule has 0 bridgehead atoms. The summed E-state index contributed by atoms with van der Waals surface area (Å²) in [7, 11) is 1.33. The van der Waals surface area contributed by atoms with Gasteiger partial charge in [-0.3, -0.25) is 4.79 Å². The van der Waals surface area contributed by atoms with Gasteiger partial charge in [0.2, 0.25) is 0 Å². The predicted octanol–water partition coefficient (Wildman–Crippen LogP) is 5.06. The number of hydrogen-bond donors (Lipinski definition) is 0. The van der Waals surface area contributed by atoms with Gasteiger partial charge in [0.1, 0.15) is 0 Å². The van der Waals surface area contributed by atoms with Crippen molar-refractivity contribution in [1.29, 1.82) is 0 Å². The SMILES string of the molecule is COc1ccc(C(=O)COC(=O)c2cc(-c3cc(C)sc3C)nc3onc(C)c23)cc1F. The number of nitrogens with zero attached hydrogens (tertiary/aromatic N) is 2. The minimum atomic E-state index is -0.725. The zero-order valence-electron chi connectivity index (χ0n) is 17.8. The predicted molar refractivity (Wildman–Crippen MR) is 117 cm³/mol. The van der Waals surface area contributed by atoms with E-state index in [1.807, 2.05) is 19.9 Å². The van der Waals surface area contributed by atoms with Crippen molar-refractivity contribution in [3.63, 3.8) is 0 Å². The monoisotopic (exact) mass is 454 g/mol. The minimum absolute atomic E-state index is 0.0205. The van der Waals surface area contributed by atoms with Crippen molar-refractivity contribution in [3.8, 4) is 17.0 Å². The number of halogens is 1. The Bertz CT molecular complexity index is 1360. The van der Waals surface area contributed by atoms with E-state index in [0.29, 0.717) is 16.8 Å². The standard InChI is InChI=1S/C23H19FN2O5S/c1-11-7-15(13(3)32-11)18-9-16(21-12(2)26-31-22(21)25-18)23(28)30-10-19(27)14-5-6-20(29-4)17(24)8-14/h5-9H,10H2,1-4H3. The maximum atomic E-state index is 13.9. The van der Waals surface area contributed by atoms with Crippen LogP contribution in [0.3, 0.4) is 0 Å². The van der Waals surface area contributed by atoms with Gasteiger partial charge in [0.25, 0.3) is 5.71 Å². The number of carbonyl (C=O) groups excluding carboxylic acids is 2. The van der Waals surface area contributed by atoms with Crippen molar-refractivity contribution in [1.82, 2.24) is 10.1 Å². The lowest BCUT2D eigenvalue weighted by molar-refractivity contribution is 0.0476. The second-order valence-electron chi connectivity index (χ2n) is 7.18. The van der Waals surface area contributed by atoms with Gasteiger partial charge in [0, 0.05) is 20.9 Å². The summed E-state index contributed by atoms with van der Waals surface area (Å²) in [4.78, 5) is 32.0.